The standard InChI is InChI=1S/C21H20FN5O5S/c1-13-16-8-7-15(31-20-24-9-4-10-25-20)11-18(16)32-21(28)27(13)12-14-5-3-6-17(19(14)22)26-33(29,30)23-2/h3-11,13,23,26H,12H2,1-2H3/t13-/m1/s1. The summed E-state index contributed by atoms with van der Waals surface area (Å²) in [5, 5.41) is 0. The van der Waals surface area contributed by atoms with Gasteiger partial charge in [0.05, 0.1) is 18.3 Å². The maximum atomic E-state index is 14.9. The Bertz CT molecular complexity index is 1290. The van der Waals surface area contributed by atoms with Crippen molar-refractivity contribution in [3.63, 3.8) is 0 Å². The molecule has 2 aromatic carbocycles. The van der Waals surface area contributed by atoms with Gasteiger partial charge in [0, 0.05) is 36.6 Å². The van der Waals surface area contributed by atoms with E-state index in [1.165, 1.54) is 30.1 Å². The average Bonchev–Trinajstić information content (AvgIpc) is 2.79. The molecule has 10 nitrogen and oxygen atoms in total. The number of benzene rings is 2. The number of carbonyl (C=O) groups is 1. The number of fused-ring (bicyclic) bond motifs is 1. The summed E-state index contributed by atoms with van der Waals surface area (Å²) in [7, 11) is -2.69. The van der Waals surface area contributed by atoms with E-state index in [0.29, 0.717) is 17.1 Å². The lowest BCUT2D eigenvalue weighted by Crippen LogP contribution is -2.39. The smallest absolute Gasteiger partial charge is 0.416 e. The summed E-state index contributed by atoms with van der Waals surface area (Å²) in [6.07, 6.45) is 2.40. The van der Waals surface area contributed by atoms with Gasteiger partial charge in [0.25, 0.3) is 10.2 Å². The second-order valence-electron chi connectivity index (χ2n) is 7.09. The number of halogens is 1. The van der Waals surface area contributed by atoms with Gasteiger partial charge in [0.15, 0.2) is 5.82 Å². The quantitative estimate of drug-likeness (QED) is 0.539. The lowest BCUT2D eigenvalue weighted by molar-refractivity contribution is 0.116. The highest BCUT2D eigenvalue weighted by Crippen LogP contribution is 2.38. The highest BCUT2D eigenvalue weighted by Gasteiger charge is 2.32. The first kappa shape index (κ1) is 22.4. The number of aromatic nitrogens is 2. The van der Waals surface area contributed by atoms with E-state index in [4.69, 9.17) is 9.47 Å². The van der Waals surface area contributed by atoms with Crippen LogP contribution >= 0.6 is 0 Å². The minimum Gasteiger partial charge on any atom is -0.424 e. The van der Waals surface area contributed by atoms with E-state index in [1.807, 2.05) is 0 Å². The van der Waals surface area contributed by atoms with E-state index in [9.17, 15) is 17.6 Å². The molecule has 1 aromatic heterocycles. The fourth-order valence-electron chi connectivity index (χ4n) is 3.30. The number of nitrogens with one attached hydrogen (secondary N) is 2. The largest absolute Gasteiger partial charge is 0.424 e. The first-order valence-electron chi connectivity index (χ1n) is 9.83. The van der Waals surface area contributed by atoms with Crippen LogP contribution in [0.4, 0.5) is 14.9 Å². The van der Waals surface area contributed by atoms with E-state index in [1.54, 1.807) is 43.6 Å². The van der Waals surface area contributed by atoms with E-state index in [2.05, 4.69) is 19.4 Å². The van der Waals surface area contributed by atoms with Crippen LogP contribution in [0.1, 0.15) is 24.1 Å². The molecule has 0 unspecified atom stereocenters. The van der Waals surface area contributed by atoms with Crippen LogP contribution in [-0.2, 0) is 16.8 Å². The van der Waals surface area contributed by atoms with E-state index < -0.39 is 28.2 Å². The first-order valence-corrected chi connectivity index (χ1v) is 11.3. The Morgan fingerprint density at radius 1 is 1.18 bits per heavy atom. The number of ether oxygens (including phenoxy) is 2. The van der Waals surface area contributed by atoms with Crippen molar-refractivity contribution in [3.05, 3.63) is 71.8 Å². The molecular formula is C21H20FN5O5S. The number of anilines is 1. The maximum Gasteiger partial charge on any atom is 0.416 e. The molecule has 2 N–H and O–H groups in total. The van der Waals surface area contributed by atoms with E-state index in [-0.39, 0.29) is 23.8 Å². The minimum absolute atomic E-state index is 0.125. The summed E-state index contributed by atoms with van der Waals surface area (Å²) < 4.78 is 53.6. The van der Waals surface area contributed by atoms with Gasteiger partial charge in [-0.3, -0.25) is 9.62 Å². The molecule has 0 fully saturated rings. The van der Waals surface area contributed by atoms with Crippen LogP contribution in [0.3, 0.4) is 0 Å². The molecule has 0 aliphatic carbocycles. The Morgan fingerprint density at radius 2 is 1.94 bits per heavy atom. The molecule has 0 saturated heterocycles. The van der Waals surface area contributed by atoms with Gasteiger partial charge in [-0.05, 0) is 31.2 Å². The van der Waals surface area contributed by atoms with Crippen LogP contribution in [0, 0.1) is 5.82 Å². The Balaban J connectivity index is 1.55. The minimum atomic E-state index is -3.90. The zero-order valence-corrected chi connectivity index (χ0v) is 18.5. The topological polar surface area (TPSA) is 123 Å². The number of nitrogens with zero attached hydrogens (tertiary/aromatic N) is 3. The lowest BCUT2D eigenvalue weighted by Gasteiger charge is -2.34. The molecule has 1 aliphatic rings. The molecule has 33 heavy (non-hydrogen) atoms. The molecule has 0 bridgehead atoms. The second-order valence-corrected chi connectivity index (χ2v) is 8.71. The highest BCUT2D eigenvalue weighted by molar-refractivity contribution is 7.90. The summed E-state index contributed by atoms with van der Waals surface area (Å²) in [5.74, 6) is -0.0779. The number of amides is 1. The van der Waals surface area contributed by atoms with Crippen molar-refractivity contribution in [1.29, 1.82) is 0 Å². The van der Waals surface area contributed by atoms with E-state index in [0.717, 1.165) is 0 Å². The molecule has 0 saturated carbocycles. The Morgan fingerprint density at radius 3 is 2.67 bits per heavy atom. The first-order chi connectivity index (χ1) is 15.8. The number of rotatable bonds is 7. The molecule has 0 radical (unpaired) electrons. The zero-order chi connectivity index (χ0) is 23.6. The normalized spacial score (nSPS) is 15.5. The molecule has 1 aliphatic heterocycles. The lowest BCUT2D eigenvalue weighted by atomic mass is 10.0. The molecule has 1 atom stereocenters. The van der Waals surface area contributed by atoms with Crippen molar-refractivity contribution >= 4 is 22.0 Å². The Kier molecular flexibility index (Phi) is 6.11. The molecule has 1 amide bonds. The number of hydrogen-bond donors (Lipinski definition) is 2. The number of carbonyl (C=O) groups excluding carboxylic acids is 1. The highest BCUT2D eigenvalue weighted by atomic mass is 32.2. The summed E-state index contributed by atoms with van der Waals surface area (Å²) in [4.78, 5) is 22.0. The van der Waals surface area contributed by atoms with Gasteiger partial charge in [-0.25, -0.2) is 23.9 Å². The van der Waals surface area contributed by atoms with Gasteiger partial charge in [-0.15, -0.1) is 0 Å². The average molecular weight is 473 g/mol. The van der Waals surface area contributed by atoms with Crippen LogP contribution in [0.5, 0.6) is 17.5 Å². The molecule has 0 spiro atoms. The summed E-state index contributed by atoms with van der Waals surface area (Å²) in [6.45, 7) is 1.65. The predicted octanol–water partition coefficient (Wildman–Crippen LogP) is 3.36. The van der Waals surface area contributed by atoms with Crippen LogP contribution in [-0.4, -0.2) is 36.4 Å². The van der Waals surface area contributed by atoms with Gasteiger partial charge >= 0.3 is 12.1 Å². The fraction of sp³-hybridized carbons (Fsp3) is 0.190. The predicted molar refractivity (Wildman–Crippen MR) is 117 cm³/mol. The van der Waals surface area contributed by atoms with Crippen molar-refractivity contribution in [2.75, 3.05) is 11.8 Å². The van der Waals surface area contributed by atoms with Gasteiger partial charge in [0.2, 0.25) is 0 Å². The third kappa shape index (κ3) is 4.86. The van der Waals surface area contributed by atoms with Crippen molar-refractivity contribution < 1.29 is 27.1 Å². The molecule has 2 heterocycles. The summed E-state index contributed by atoms with van der Waals surface area (Å²) in [5.41, 5.74) is 0.591. The molecule has 4 rings (SSSR count). The van der Waals surface area contributed by atoms with Crippen LogP contribution in [0.2, 0.25) is 0 Å². The second kappa shape index (κ2) is 9.00. The molecular weight excluding hydrogens is 453 g/mol. The van der Waals surface area contributed by atoms with Gasteiger partial charge in [-0.1, -0.05) is 12.1 Å². The molecule has 3 aromatic rings. The summed E-state index contributed by atoms with van der Waals surface area (Å²) in [6, 6.07) is 10.6. The third-order valence-electron chi connectivity index (χ3n) is 5.02. The third-order valence-corrected chi connectivity index (χ3v) is 6.04. The monoisotopic (exact) mass is 473 g/mol. The zero-order valence-electron chi connectivity index (χ0n) is 17.6. The van der Waals surface area contributed by atoms with Gasteiger partial charge in [0.1, 0.15) is 11.5 Å². The fourth-order valence-corrected chi connectivity index (χ4v) is 3.84. The van der Waals surface area contributed by atoms with Crippen LogP contribution in [0.25, 0.3) is 0 Å². The maximum absolute atomic E-state index is 14.9. The SMILES string of the molecule is CNS(=O)(=O)Nc1cccc(CN2C(=O)Oc3cc(Oc4ncccn4)ccc3[C@H]2C)c1F. The van der Waals surface area contributed by atoms with Crippen molar-refractivity contribution in [2.24, 2.45) is 0 Å². The van der Waals surface area contributed by atoms with Crippen molar-refractivity contribution in [1.82, 2.24) is 19.6 Å². The number of hydrogen-bond acceptors (Lipinski definition) is 7. The summed E-state index contributed by atoms with van der Waals surface area (Å²) >= 11 is 0. The molecule has 12 heteroatoms. The van der Waals surface area contributed by atoms with Gasteiger partial charge in [-0.2, -0.15) is 8.42 Å². The van der Waals surface area contributed by atoms with Crippen LogP contribution < -0.4 is 18.9 Å². The Hall–Kier alpha value is -3.77. The van der Waals surface area contributed by atoms with E-state index >= 15 is 0 Å². The Labute approximate surface area is 189 Å². The van der Waals surface area contributed by atoms with Crippen LogP contribution in [0.15, 0.2) is 54.9 Å². The van der Waals surface area contributed by atoms with Crippen molar-refractivity contribution in [3.8, 4) is 17.5 Å². The van der Waals surface area contributed by atoms with Gasteiger partial charge < -0.3 is 9.47 Å². The van der Waals surface area contributed by atoms with Crippen molar-refractivity contribution in [2.45, 2.75) is 19.5 Å². The molecule has 172 valence electrons.